The first-order valence-electron chi connectivity index (χ1n) is 5.52. The van der Waals surface area contributed by atoms with Crippen molar-refractivity contribution in [2.24, 2.45) is 0 Å². The zero-order chi connectivity index (χ0) is 12.1. The molecule has 0 saturated carbocycles. The first-order valence-corrected chi connectivity index (χ1v) is 5.52. The molecule has 1 unspecified atom stereocenters. The highest BCUT2D eigenvalue weighted by Gasteiger charge is 2.15. The summed E-state index contributed by atoms with van der Waals surface area (Å²) in [5, 5.41) is 3.26. The molecular formula is C13H16N2O2. The average Bonchev–Trinajstić information content (AvgIpc) is 2.89. The van der Waals surface area contributed by atoms with Crippen LogP contribution >= 0.6 is 0 Å². The Morgan fingerprint density at radius 2 is 2.35 bits per heavy atom. The average molecular weight is 232 g/mol. The summed E-state index contributed by atoms with van der Waals surface area (Å²) in [6, 6.07) is 5.98. The van der Waals surface area contributed by atoms with E-state index in [9.17, 15) is 0 Å². The van der Waals surface area contributed by atoms with Gasteiger partial charge in [0.2, 0.25) is 0 Å². The van der Waals surface area contributed by atoms with Crippen LogP contribution < -0.4 is 10.1 Å². The smallest absolute Gasteiger partial charge is 0.141 e. The molecule has 0 fully saturated rings. The summed E-state index contributed by atoms with van der Waals surface area (Å²) in [6.07, 6.45) is 5.96. The lowest BCUT2D eigenvalue weighted by Gasteiger charge is -2.17. The first kappa shape index (κ1) is 11.7. The van der Waals surface area contributed by atoms with Gasteiger partial charge < -0.3 is 14.5 Å². The molecule has 0 aliphatic rings. The minimum Gasteiger partial charge on any atom is -0.495 e. The number of pyridine rings is 1. The van der Waals surface area contributed by atoms with Crippen molar-refractivity contribution in [3.8, 4) is 5.75 Å². The van der Waals surface area contributed by atoms with E-state index in [1.807, 2.05) is 25.2 Å². The van der Waals surface area contributed by atoms with E-state index in [4.69, 9.17) is 9.15 Å². The molecule has 2 heterocycles. The fourth-order valence-corrected chi connectivity index (χ4v) is 1.85. The fourth-order valence-electron chi connectivity index (χ4n) is 1.85. The first-order chi connectivity index (χ1) is 8.35. The molecule has 0 spiro atoms. The molecule has 0 aromatic carbocycles. The van der Waals surface area contributed by atoms with E-state index >= 15 is 0 Å². The predicted molar refractivity (Wildman–Crippen MR) is 65.0 cm³/mol. The van der Waals surface area contributed by atoms with Gasteiger partial charge in [-0.25, -0.2) is 0 Å². The predicted octanol–water partition coefficient (Wildman–Crippen LogP) is 2.19. The monoisotopic (exact) mass is 232 g/mol. The molecule has 1 N–H and O–H groups in total. The Morgan fingerprint density at radius 3 is 3.00 bits per heavy atom. The number of methoxy groups -OCH3 is 1. The molecule has 2 rings (SSSR count). The van der Waals surface area contributed by atoms with Crippen molar-refractivity contribution in [1.29, 1.82) is 0 Å². The van der Waals surface area contributed by atoms with Gasteiger partial charge in [-0.15, -0.1) is 0 Å². The van der Waals surface area contributed by atoms with Crippen LogP contribution in [0.15, 0.2) is 41.3 Å². The molecule has 4 heteroatoms. The molecule has 4 nitrogen and oxygen atoms in total. The maximum atomic E-state index is 5.36. The Hall–Kier alpha value is -1.81. The van der Waals surface area contributed by atoms with Gasteiger partial charge in [0.15, 0.2) is 0 Å². The second kappa shape index (κ2) is 5.50. The van der Waals surface area contributed by atoms with Gasteiger partial charge in [0.05, 0.1) is 19.6 Å². The Balaban J connectivity index is 2.22. The number of nitrogens with zero attached hydrogens (tertiary/aromatic N) is 1. The number of hydrogen-bond acceptors (Lipinski definition) is 4. The van der Waals surface area contributed by atoms with Crippen LogP contribution in [-0.4, -0.2) is 19.1 Å². The maximum absolute atomic E-state index is 5.36. The summed E-state index contributed by atoms with van der Waals surface area (Å²) in [7, 11) is 3.58. The lowest BCUT2D eigenvalue weighted by molar-refractivity contribution is 0.394. The van der Waals surface area contributed by atoms with Gasteiger partial charge in [0.25, 0.3) is 0 Å². The third-order valence-corrected chi connectivity index (χ3v) is 2.75. The van der Waals surface area contributed by atoms with E-state index in [0.717, 1.165) is 23.5 Å². The maximum Gasteiger partial charge on any atom is 0.141 e. The van der Waals surface area contributed by atoms with Crippen LogP contribution in [0, 0.1) is 0 Å². The number of aromatic nitrogens is 1. The number of furan rings is 1. The number of nitrogens with one attached hydrogen (secondary N) is 1. The van der Waals surface area contributed by atoms with Crippen LogP contribution in [0.5, 0.6) is 5.75 Å². The highest BCUT2D eigenvalue weighted by Crippen LogP contribution is 2.26. The molecule has 0 amide bonds. The zero-order valence-electron chi connectivity index (χ0n) is 10.0. The van der Waals surface area contributed by atoms with Gasteiger partial charge in [-0.2, -0.15) is 0 Å². The van der Waals surface area contributed by atoms with Crippen LogP contribution in [0.1, 0.15) is 17.4 Å². The Labute approximate surface area is 101 Å². The quantitative estimate of drug-likeness (QED) is 0.858. The number of likely N-dealkylation sites (N-methyl/N-ethyl adjacent to an activating group) is 1. The van der Waals surface area contributed by atoms with Crippen molar-refractivity contribution >= 4 is 0 Å². The van der Waals surface area contributed by atoms with Crippen LogP contribution in [0.3, 0.4) is 0 Å². The minimum absolute atomic E-state index is 0.152. The standard InChI is InChI=1S/C13H16N2O2/c1-14-12(8-10-4-3-7-17-10)11-5-6-15-9-13(11)16-2/h3-7,9,12,14H,8H2,1-2H3. The van der Waals surface area contributed by atoms with E-state index in [1.54, 1.807) is 25.8 Å². The molecule has 0 aliphatic carbocycles. The summed E-state index contributed by atoms with van der Waals surface area (Å²) >= 11 is 0. The molecule has 90 valence electrons. The van der Waals surface area contributed by atoms with Crippen LogP contribution in [-0.2, 0) is 6.42 Å². The molecule has 0 aliphatic heterocycles. The topological polar surface area (TPSA) is 47.3 Å². The third kappa shape index (κ3) is 2.65. The molecule has 1 atom stereocenters. The molecule has 0 radical (unpaired) electrons. The molecule has 17 heavy (non-hydrogen) atoms. The normalized spacial score (nSPS) is 12.4. The highest BCUT2D eigenvalue weighted by molar-refractivity contribution is 5.33. The summed E-state index contributed by atoms with van der Waals surface area (Å²) in [5.41, 5.74) is 1.08. The van der Waals surface area contributed by atoms with Crippen LogP contribution in [0.25, 0.3) is 0 Å². The molecule has 0 saturated heterocycles. The lowest BCUT2D eigenvalue weighted by Crippen LogP contribution is -2.19. The Bertz CT molecular complexity index is 454. The van der Waals surface area contributed by atoms with Gasteiger partial charge in [-0.3, -0.25) is 4.98 Å². The second-order valence-corrected chi connectivity index (χ2v) is 3.74. The number of rotatable bonds is 5. The van der Waals surface area contributed by atoms with Gasteiger partial charge >= 0.3 is 0 Å². The molecule has 2 aromatic heterocycles. The zero-order valence-corrected chi connectivity index (χ0v) is 10.0. The van der Waals surface area contributed by atoms with Gasteiger partial charge in [-0.05, 0) is 25.2 Å². The SMILES string of the molecule is CNC(Cc1ccco1)c1ccncc1OC. The lowest BCUT2D eigenvalue weighted by atomic mass is 10.0. The van der Waals surface area contributed by atoms with Crippen molar-refractivity contribution in [2.75, 3.05) is 14.2 Å². The van der Waals surface area contributed by atoms with E-state index < -0.39 is 0 Å². The van der Waals surface area contributed by atoms with Crippen molar-refractivity contribution < 1.29 is 9.15 Å². The van der Waals surface area contributed by atoms with Crippen molar-refractivity contribution in [1.82, 2.24) is 10.3 Å². The number of hydrogen-bond donors (Lipinski definition) is 1. The molecular weight excluding hydrogens is 216 g/mol. The third-order valence-electron chi connectivity index (χ3n) is 2.75. The molecule has 0 bridgehead atoms. The van der Waals surface area contributed by atoms with E-state index in [-0.39, 0.29) is 6.04 Å². The summed E-state index contributed by atoms with van der Waals surface area (Å²) in [6.45, 7) is 0. The van der Waals surface area contributed by atoms with Crippen LogP contribution in [0.4, 0.5) is 0 Å². The van der Waals surface area contributed by atoms with E-state index in [0.29, 0.717) is 0 Å². The largest absolute Gasteiger partial charge is 0.495 e. The Kier molecular flexibility index (Phi) is 3.77. The highest BCUT2D eigenvalue weighted by atomic mass is 16.5. The molecule has 2 aromatic rings. The summed E-state index contributed by atoms with van der Waals surface area (Å²) in [5.74, 6) is 1.74. The summed E-state index contributed by atoms with van der Waals surface area (Å²) in [4.78, 5) is 4.05. The minimum atomic E-state index is 0.152. The second-order valence-electron chi connectivity index (χ2n) is 3.74. The fraction of sp³-hybridized carbons (Fsp3) is 0.308. The van der Waals surface area contributed by atoms with Gasteiger partial charge in [0.1, 0.15) is 11.5 Å². The van der Waals surface area contributed by atoms with E-state index in [1.165, 1.54) is 0 Å². The summed E-state index contributed by atoms with van der Waals surface area (Å²) < 4.78 is 10.7. The van der Waals surface area contributed by atoms with Gasteiger partial charge in [0, 0.05) is 24.2 Å². The Morgan fingerprint density at radius 1 is 1.47 bits per heavy atom. The van der Waals surface area contributed by atoms with Crippen molar-refractivity contribution in [3.63, 3.8) is 0 Å². The van der Waals surface area contributed by atoms with E-state index in [2.05, 4.69) is 10.3 Å². The van der Waals surface area contributed by atoms with Crippen molar-refractivity contribution in [3.05, 3.63) is 48.2 Å². The van der Waals surface area contributed by atoms with Gasteiger partial charge in [-0.1, -0.05) is 0 Å². The van der Waals surface area contributed by atoms with Crippen LogP contribution in [0.2, 0.25) is 0 Å². The van der Waals surface area contributed by atoms with Crippen molar-refractivity contribution in [2.45, 2.75) is 12.5 Å². The number of ether oxygens (including phenoxy) is 1.